The molecule has 1 aromatic heterocycles. The fourth-order valence-corrected chi connectivity index (χ4v) is 3.71. The van der Waals surface area contributed by atoms with Crippen molar-refractivity contribution in [1.82, 2.24) is 9.88 Å². The number of anilines is 1. The van der Waals surface area contributed by atoms with Gasteiger partial charge in [-0.2, -0.15) is 0 Å². The lowest BCUT2D eigenvalue weighted by Crippen LogP contribution is -2.52. The van der Waals surface area contributed by atoms with Crippen LogP contribution >= 0.6 is 0 Å². The molecular formula is C18H27N3O2. The van der Waals surface area contributed by atoms with E-state index in [2.05, 4.69) is 23.7 Å². The predicted molar refractivity (Wildman–Crippen MR) is 90.5 cm³/mol. The molecular weight excluding hydrogens is 290 g/mol. The summed E-state index contributed by atoms with van der Waals surface area (Å²) in [6.45, 7) is 8.36. The molecule has 126 valence electrons. The number of rotatable bonds is 3. The molecule has 1 aromatic rings. The van der Waals surface area contributed by atoms with E-state index in [4.69, 9.17) is 4.74 Å². The fourth-order valence-electron chi connectivity index (χ4n) is 3.71. The van der Waals surface area contributed by atoms with Crippen LogP contribution < -0.4 is 4.90 Å². The number of hydrogen-bond donors (Lipinski definition) is 0. The lowest BCUT2D eigenvalue weighted by molar-refractivity contribution is -0.145. The second-order valence-corrected chi connectivity index (χ2v) is 6.54. The molecule has 0 aliphatic carbocycles. The van der Waals surface area contributed by atoms with Crippen LogP contribution in [0.15, 0.2) is 18.5 Å². The minimum atomic E-state index is 0.0560. The first-order valence-electron chi connectivity index (χ1n) is 8.76. The van der Waals surface area contributed by atoms with Crippen LogP contribution in [0.5, 0.6) is 0 Å². The van der Waals surface area contributed by atoms with Crippen molar-refractivity contribution in [1.29, 1.82) is 0 Å². The van der Waals surface area contributed by atoms with E-state index in [1.165, 1.54) is 11.3 Å². The molecule has 2 aliphatic heterocycles. The SMILES string of the molecule is CCC1OCCCC1C(=O)N1CCN(c2cnccc2C)CC1. The Bertz CT molecular complexity index is 541. The highest BCUT2D eigenvalue weighted by molar-refractivity contribution is 5.80. The maximum absolute atomic E-state index is 12.8. The van der Waals surface area contributed by atoms with Crippen LogP contribution in [0.3, 0.4) is 0 Å². The third-order valence-corrected chi connectivity index (χ3v) is 5.10. The number of nitrogens with zero attached hydrogens (tertiary/aromatic N) is 3. The molecule has 0 aromatic carbocycles. The Kier molecular flexibility index (Phi) is 5.16. The largest absolute Gasteiger partial charge is 0.377 e. The van der Waals surface area contributed by atoms with Gasteiger partial charge in [0, 0.05) is 39.0 Å². The summed E-state index contributed by atoms with van der Waals surface area (Å²) in [5.41, 5.74) is 2.43. The first-order chi connectivity index (χ1) is 11.2. The topological polar surface area (TPSA) is 45.7 Å². The molecule has 0 N–H and O–H groups in total. The van der Waals surface area contributed by atoms with Gasteiger partial charge in [0.05, 0.1) is 23.9 Å². The molecule has 0 spiro atoms. The first-order valence-corrected chi connectivity index (χ1v) is 8.76. The Morgan fingerprint density at radius 2 is 2.13 bits per heavy atom. The average molecular weight is 317 g/mol. The van der Waals surface area contributed by atoms with Crippen molar-refractivity contribution in [3.8, 4) is 0 Å². The van der Waals surface area contributed by atoms with Crippen molar-refractivity contribution >= 4 is 11.6 Å². The zero-order valence-corrected chi connectivity index (χ0v) is 14.2. The zero-order chi connectivity index (χ0) is 16.2. The van der Waals surface area contributed by atoms with Gasteiger partial charge in [-0.1, -0.05) is 6.92 Å². The molecule has 0 bridgehead atoms. The molecule has 2 fully saturated rings. The molecule has 2 unspecified atom stereocenters. The van der Waals surface area contributed by atoms with Gasteiger partial charge in [0.25, 0.3) is 0 Å². The van der Waals surface area contributed by atoms with Gasteiger partial charge in [-0.05, 0) is 37.8 Å². The van der Waals surface area contributed by atoms with Crippen molar-refractivity contribution in [2.24, 2.45) is 5.92 Å². The quantitative estimate of drug-likeness (QED) is 0.858. The third-order valence-electron chi connectivity index (χ3n) is 5.10. The monoisotopic (exact) mass is 317 g/mol. The van der Waals surface area contributed by atoms with Gasteiger partial charge >= 0.3 is 0 Å². The van der Waals surface area contributed by atoms with E-state index < -0.39 is 0 Å². The minimum absolute atomic E-state index is 0.0560. The smallest absolute Gasteiger partial charge is 0.228 e. The van der Waals surface area contributed by atoms with Crippen molar-refractivity contribution in [2.45, 2.75) is 39.2 Å². The van der Waals surface area contributed by atoms with Gasteiger partial charge in [0.2, 0.25) is 5.91 Å². The van der Waals surface area contributed by atoms with Gasteiger partial charge in [-0.3, -0.25) is 9.78 Å². The highest BCUT2D eigenvalue weighted by Gasteiger charge is 2.34. The van der Waals surface area contributed by atoms with Gasteiger partial charge < -0.3 is 14.5 Å². The summed E-state index contributed by atoms with van der Waals surface area (Å²) < 4.78 is 5.79. The van der Waals surface area contributed by atoms with E-state index in [9.17, 15) is 4.79 Å². The molecule has 0 saturated carbocycles. The summed E-state index contributed by atoms with van der Waals surface area (Å²) in [5.74, 6) is 0.347. The Morgan fingerprint density at radius 3 is 2.83 bits per heavy atom. The number of ether oxygens (including phenoxy) is 1. The summed E-state index contributed by atoms with van der Waals surface area (Å²) in [4.78, 5) is 21.4. The van der Waals surface area contributed by atoms with E-state index in [-0.39, 0.29) is 12.0 Å². The highest BCUT2D eigenvalue weighted by Crippen LogP contribution is 2.26. The van der Waals surface area contributed by atoms with Crippen LogP contribution in [-0.2, 0) is 9.53 Å². The van der Waals surface area contributed by atoms with Gasteiger partial charge in [-0.25, -0.2) is 0 Å². The van der Waals surface area contributed by atoms with Crippen LogP contribution in [0.2, 0.25) is 0 Å². The Hall–Kier alpha value is -1.62. The maximum atomic E-state index is 12.8. The van der Waals surface area contributed by atoms with Crippen LogP contribution in [0.1, 0.15) is 31.7 Å². The van der Waals surface area contributed by atoms with E-state index in [1.54, 1.807) is 0 Å². The Morgan fingerprint density at radius 1 is 1.35 bits per heavy atom. The molecule has 5 nitrogen and oxygen atoms in total. The molecule has 5 heteroatoms. The van der Waals surface area contributed by atoms with E-state index in [0.29, 0.717) is 5.91 Å². The van der Waals surface area contributed by atoms with Gasteiger partial charge in [0.15, 0.2) is 0 Å². The van der Waals surface area contributed by atoms with Crippen LogP contribution in [-0.4, -0.2) is 54.7 Å². The molecule has 1 amide bonds. The number of piperazine rings is 1. The zero-order valence-electron chi connectivity index (χ0n) is 14.2. The Balaban J connectivity index is 1.60. The number of aryl methyl sites for hydroxylation is 1. The summed E-state index contributed by atoms with van der Waals surface area (Å²) >= 11 is 0. The molecule has 2 aliphatic rings. The van der Waals surface area contributed by atoms with Crippen molar-refractivity contribution in [3.63, 3.8) is 0 Å². The highest BCUT2D eigenvalue weighted by atomic mass is 16.5. The van der Waals surface area contributed by atoms with Crippen LogP contribution in [0.4, 0.5) is 5.69 Å². The van der Waals surface area contributed by atoms with Crippen LogP contribution in [0.25, 0.3) is 0 Å². The predicted octanol–water partition coefficient (Wildman–Crippen LogP) is 2.24. The van der Waals surface area contributed by atoms with E-state index >= 15 is 0 Å². The second-order valence-electron chi connectivity index (χ2n) is 6.54. The molecule has 3 heterocycles. The Labute approximate surface area is 138 Å². The normalized spacial score (nSPS) is 25.5. The molecule has 3 rings (SSSR count). The molecule has 23 heavy (non-hydrogen) atoms. The minimum Gasteiger partial charge on any atom is -0.377 e. The fraction of sp³-hybridized carbons (Fsp3) is 0.667. The summed E-state index contributed by atoms with van der Waals surface area (Å²) in [6, 6.07) is 2.04. The first kappa shape index (κ1) is 16.2. The molecule has 2 atom stereocenters. The summed E-state index contributed by atoms with van der Waals surface area (Å²) in [7, 11) is 0. The number of amides is 1. The van der Waals surface area contributed by atoms with Crippen molar-refractivity contribution in [3.05, 3.63) is 24.0 Å². The van der Waals surface area contributed by atoms with Gasteiger partial charge in [-0.15, -0.1) is 0 Å². The lowest BCUT2D eigenvalue weighted by Gasteiger charge is -2.40. The molecule has 2 saturated heterocycles. The number of carbonyl (C=O) groups is 1. The van der Waals surface area contributed by atoms with Crippen LogP contribution in [0, 0.1) is 12.8 Å². The second kappa shape index (κ2) is 7.30. The summed E-state index contributed by atoms with van der Waals surface area (Å²) in [6.07, 6.45) is 6.75. The number of hydrogen-bond acceptors (Lipinski definition) is 4. The van der Waals surface area contributed by atoms with Gasteiger partial charge in [0.1, 0.15) is 0 Å². The maximum Gasteiger partial charge on any atom is 0.228 e. The van der Waals surface area contributed by atoms with Crippen molar-refractivity contribution < 1.29 is 9.53 Å². The standard InChI is InChI=1S/C18H27N3O2/c1-3-17-15(5-4-12-23-17)18(22)21-10-8-20(9-11-21)16-13-19-7-6-14(16)2/h6-7,13,15,17H,3-5,8-12H2,1-2H3. The lowest BCUT2D eigenvalue weighted by atomic mass is 9.91. The third kappa shape index (κ3) is 3.50. The van der Waals surface area contributed by atoms with E-state index in [1.807, 2.05) is 23.4 Å². The molecule has 0 radical (unpaired) electrons. The number of aromatic nitrogens is 1. The van der Waals surface area contributed by atoms with Crippen molar-refractivity contribution in [2.75, 3.05) is 37.7 Å². The number of pyridine rings is 1. The summed E-state index contributed by atoms with van der Waals surface area (Å²) in [5, 5.41) is 0. The average Bonchev–Trinajstić information content (AvgIpc) is 2.61. The van der Waals surface area contributed by atoms with E-state index in [0.717, 1.165) is 52.0 Å². The number of carbonyl (C=O) groups excluding carboxylic acids is 1.